The zero-order chi connectivity index (χ0) is 18.2. The molecule has 0 atom stereocenters. The predicted octanol–water partition coefficient (Wildman–Crippen LogP) is 2.04. The number of urea groups is 1. The highest BCUT2D eigenvalue weighted by Crippen LogP contribution is 2.16. The van der Waals surface area contributed by atoms with Gasteiger partial charge in [0.1, 0.15) is 18.9 Å². The van der Waals surface area contributed by atoms with E-state index in [0.717, 1.165) is 7.05 Å². The number of nitrogens with one attached hydrogen (secondary N) is 2. The van der Waals surface area contributed by atoms with E-state index in [0.29, 0.717) is 15.7 Å². The maximum atomic E-state index is 12.1. The van der Waals surface area contributed by atoms with Crippen LogP contribution in [0.25, 0.3) is 0 Å². The molecule has 1 rings (SSSR count). The molecule has 0 saturated heterocycles. The third-order valence-corrected chi connectivity index (χ3v) is 2.93. The van der Waals surface area contributed by atoms with Gasteiger partial charge < -0.3 is 20.3 Å². The molecule has 134 valence electrons. The van der Waals surface area contributed by atoms with Crippen LogP contribution < -0.4 is 15.4 Å². The number of halogens is 4. The lowest BCUT2D eigenvalue weighted by atomic mass is 10.3. The molecule has 0 bridgehead atoms. The lowest BCUT2D eigenvalue weighted by Crippen LogP contribution is -2.45. The van der Waals surface area contributed by atoms with Gasteiger partial charge in [-0.05, 0) is 18.2 Å². The fraction of sp³-hybridized carbons (Fsp3) is 0.429. The van der Waals surface area contributed by atoms with E-state index in [-0.39, 0.29) is 13.2 Å². The maximum absolute atomic E-state index is 12.1. The van der Waals surface area contributed by atoms with Crippen molar-refractivity contribution in [2.24, 2.45) is 0 Å². The summed E-state index contributed by atoms with van der Waals surface area (Å²) in [6, 6.07) is 6.02. The van der Waals surface area contributed by atoms with E-state index in [1.54, 1.807) is 24.3 Å². The number of hydrogen-bond donors (Lipinski definition) is 2. The van der Waals surface area contributed by atoms with E-state index in [1.165, 1.54) is 0 Å². The molecule has 0 heterocycles. The number of ether oxygens (including phenoxy) is 1. The zero-order valence-electron chi connectivity index (χ0n) is 12.8. The number of benzene rings is 1. The average Bonchev–Trinajstić information content (AvgIpc) is 2.47. The molecule has 0 saturated carbocycles. The summed E-state index contributed by atoms with van der Waals surface area (Å²) in [7, 11) is 1.01. The van der Waals surface area contributed by atoms with Gasteiger partial charge in [-0.25, -0.2) is 4.79 Å². The van der Waals surface area contributed by atoms with E-state index >= 15 is 0 Å². The van der Waals surface area contributed by atoms with Crippen LogP contribution in [0.2, 0.25) is 5.02 Å². The molecule has 0 aliphatic carbocycles. The SMILES string of the molecule is CN(CC(F)(F)F)C(=O)CNC(=O)NCCOc1cccc(Cl)c1. The van der Waals surface area contributed by atoms with Crippen LogP contribution in [0.3, 0.4) is 0 Å². The van der Waals surface area contributed by atoms with Crippen molar-refractivity contribution in [3.8, 4) is 5.75 Å². The number of alkyl halides is 3. The van der Waals surface area contributed by atoms with Crippen LogP contribution in [-0.4, -0.2) is 56.3 Å². The van der Waals surface area contributed by atoms with Crippen molar-refractivity contribution in [2.75, 3.05) is 33.3 Å². The summed E-state index contributed by atoms with van der Waals surface area (Å²) in [6.45, 7) is -1.60. The van der Waals surface area contributed by atoms with Gasteiger partial charge in [0.2, 0.25) is 5.91 Å². The summed E-state index contributed by atoms with van der Waals surface area (Å²) >= 11 is 5.78. The summed E-state index contributed by atoms with van der Waals surface area (Å²) < 4.78 is 41.7. The Morgan fingerprint density at radius 3 is 2.62 bits per heavy atom. The van der Waals surface area contributed by atoms with Gasteiger partial charge in [0.25, 0.3) is 0 Å². The molecule has 1 aromatic carbocycles. The summed E-state index contributed by atoms with van der Waals surface area (Å²) in [5, 5.41) is 5.09. The van der Waals surface area contributed by atoms with Crippen LogP contribution in [0.15, 0.2) is 24.3 Å². The largest absolute Gasteiger partial charge is 0.492 e. The molecule has 0 spiro atoms. The minimum absolute atomic E-state index is 0.144. The summed E-state index contributed by atoms with van der Waals surface area (Å²) in [5.41, 5.74) is 0. The quantitative estimate of drug-likeness (QED) is 0.724. The van der Waals surface area contributed by atoms with Crippen LogP contribution in [-0.2, 0) is 4.79 Å². The van der Waals surface area contributed by atoms with Crippen LogP contribution >= 0.6 is 11.6 Å². The molecule has 0 unspecified atom stereocenters. The Bertz CT molecular complexity index is 570. The molecule has 10 heteroatoms. The fourth-order valence-corrected chi connectivity index (χ4v) is 1.78. The number of hydrogen-bond acceptors (Lipinski definition) is 3. The smallest absolute Gasteiger partial charge is 0.406 e. The van der Waals surface area contributed by atoms with Crippen molar-refractivity contribution in [1.82, 2.24) is 15.5 Å². The van der Waals surface area contributed by atoms with Gasteiger partial charge in [0.15, 0.2) is 0 Å². The van der Waals surface area contributed by atoms with E-state index in [1.807, 2.05) is 0 Å². The number of rotatable bonds is 7. The fourth-order valence-electron chi connectivity index (χ4n) is 1.60. The van der Waals surface area contributed by atoms with Crippen molar-refractivity contribution < 1.29 is 27.5 Å². The standard InChI is InChI=1S/C14H17ClF3N3O3/c1-21(9-14(16,17)18)12(22)8-20-13(23)19-5-6-24-11-4-2-3-10(15)7-11/h2-4,7H,5-6,8-9H2,1H3,(H2,19,20,23). The van der Waals surface area contributed by atoms with Gasteiger partial charge in [-0.1, -0.05) is 17.7 Å². The molecule has 3 amide bonds. The minimum atomic E-state index is -4.48. The normalized spacial score (nSPS) is 10.9. The van der Waals surface area contributed by atoms with Gasteiger partial charge in [-0.2, -0.15) is 13.2 Å². The molecule has 0 radical (unpaired) electrons. The molecule has 2 N–H and O–H groups in total. The number of likely N-dealkylation sites (N-methyl/N-ethyl adjacent to an activating group) is 1. The second-order valence-electron chi connectivity index (χ2n) is 4.78. The highest BCUT2D eigenvalue weighted by Gasteiger charge is 2.31. The van der Waals surface area contributed by atoms with Crippen LogP contribution in [0.5, 0.6) is 5.75 Å². The summed E-state index contributed by atoms with van der Waals surface area (Å²) in [6.07, 6.45) is -4.48. The highest BCUT2D eigenvalue weighted by molar-refractivity contribution is 6.30. The summed E-state index contributed by atoms with van der Waals surface area (Å²) in [4.78, 5) is 23.3. The van der Waals surface area contributed by atoms with Crippen LogP contribution in [0.4, 0.5) is 18.0 Å². The Morgan fingerprint density at radius 1 is 1.29 bits per heavy atom. The monoisotopic (exact) mass is 367 g/mol. The van der Waals surface area contributed by atoms with Gasteiger partial charge >= 0.3 is 12.2 Å². The molecule has 6 nitrogen and oxygen atoms in total. The lowest BCUT2D eigenvalue weighted by Gasteiger charge is -2.19. The Hall–Kier alpha value is -2.16. The van der Waals surface area contributed by atoms with Crippen molar-refractivity contribution in [1.29, 1.82) is 0 Å². The van der Waals surface area contributed by atoms with Crippen molar-refractivity contribution >= 4 is 23.5 Å². The van der Waals surface area contributed by atoms with E-state index in [4.69, 9.17) is 16.3 Å². The topological polar surface area (TPSA) is 70.7 Å². The third kappa shape index (κ3) is 8.47. The van der Waals surface area contributed by atoms with E-state index in [9.17, 15) is 22.8 Å². The van der Waals surface area contributed by atoms with Gasteiger partial charge in [0.05, 0.1) is 13.1 Å². The molecule has 0 aliphatic rings. The predicted molar refractivity (Wildman–Crippen MR) is 82.0 cm³/mol. The number of carbonyl (C=O) groups is 2. The number of nitrogens with zero attached hydrogens (tertiary/aromatic N) is 1. The minimum Gasteiger partial charge on any atom is -0.492 e. The average molecular weight is 368 g/mol. The van der Waals surface area contributed by atoms with Crippen molar-refractivity contribution in [3.05, 3.63) is 29.3 Å². The second-order valence-corrected chi connectivity index (χ2v) is 5.22. The third-order valence-electron chi connectivity index (χ3n) is 2.69. The maximum Gasteiger partial charge on any atom is 0.406 e. The molecule has 0 aromatic heterocycles. The van der Waals surface area contributed by atoms with Gasteiger partial charge in [-0.3, -0.25) is 4.79 Å². The Labute approximate surface area is 141 Å². The molecule has 0 fully saturated rings. The van der Waals surface area contributed by atoms with Crippen molar-refractivity contribution in [3.63, 3.8) is 0 Å². The van der Waals surface area contributed by atoms with Crippen molar-refractivity contribution in [2.45, 2.75) is 6.18 Å². The molecule has 0 aliphatic heterocycles. The van der Waals surface area contributed by atoms with Gasteiger partial charge in [-0.15, -0.1) is 0 Å². The van der Waals surface area contributed by atoms with Crippen LogP contribution in [0, 0.1) is 0 Å². The summed E-state index contributed by atoms with van der Waals surface area (Å²) in [5.74, 6) is -0.314. The van der Waals surface area contributed by atoms with Crippen LogP contribution in [0.1, 0.15) is 0 Å². The lowest BCUT2D eigenvalue weighted by molar-refractivity contribution is -0.157. The molecule has 1 aromatic rings. The second kappa shape index (κ2) is 9.21. The molecular weight excluding hydrogens is 351 g/mol. The highest BCUT2D eigenvalue weighted by atomic mass is 35.5. The van der Waals surface area contributed by atoms with E-state index in [2.05, 4.69) is 10.6 Å². The number of amides is 3. The first-order valence-electron chi connectivity index (χ1n) is 6.88. The Kier molecular flexibility index (Phi) is 7.63. The first-order valence-corrected chi connectivity index (χ1v) is 7.26. The number of carbonyl (C=O) groups excluding carboxylic acids is 2. The van der Waals surface area contributed by atoms with Gasteiger partial charge in [0, 0.05) is 12.1 Å². The Balaban J connectivity index is 2.19. The Morgan fingerprint density at radius 2 is 2.00 bits per heavy atom. The first kappa shape index (κ1) is 19.9. The first-order chi connectivity index (χ1) is 11.2. The van der Waals surface area contributed by atoms with E-state index < -0.39 is 31.2 Å². The zero-order valence-corrected chi connectivity index (χ0v) is 13.6. The molecular formula is C14H17ClF3N3O3. The molecule has 24 heavy (non-hydrogen) atoms.